The molecule has 0 saturated heterocycles. The van der Waals surface area contributed by atoms with Crippen molar-refractivity contribution >= 4 is 0 Å². The van der Waals surface area contributed by atoms with Crippen LogP contribution in [0.15, 0.2) is 12.1 Å². The number of rotatable bonds is 0. The average molecular weight is 210 g/mol. The fourth-order valence-corrected chi connectivity index (χ4v) is 2.46. The minimum Gasteiger partial charge on any atom is -0.302 e. The zero-order valence-electron chi connectivity index (χ0n) is 8.77. The lowest BCUT2D eigenvalue weighted by Gasteiger charge is -2.03. The Morgan fingerprint density at radius 1 is 0.750 bits per heavy atom. The van der Waals surface area contributed by atoms with Crippen molar-refractivity contribution in [2.24, 2.45) is 0 Å². The maximum Gasteiger partial charge on any atom is 0.179 e. The Balaban J connectivity index is 1.97. The van der Waals surface area contributed by atoms with Gasteiger partial charge in [0.1, 0.15) is 0 Å². The highest BCUT2D eigenvalue weighted by Gasteiger charge is 2.24. The lowest BCUT2D eigenvalue weighted by atomic mass is 10.0. The first-order chi connectivity index (χ1) is 7.80. The van der Waals surface area contributed by atoms with E-state index < -0.39 is 0 Å². The van der Waals surface area contributed by atoms with Crippen LogP contribution in [0.5, 0.6) is 0 Å². The number of benzene rings is 1. The highest BCUT2D eigenvalue weighted by molar-refractivity contribution is 5.43. The predicted molar refractivity (Wildman–Crippen MR) is 56.2 cm³/mol. The van der Waals surface area contributed by atoms with E-state index in [9.17, 15) is 0 Å². The van der Waals surface area contributed by atoms with Crippen molar-refractivity contribution in [2.45, 2.75) is 26.2 Å². The molecule has 0 fully saturated rings. The zero-order valence-corrected chi connectivity index (χ0v) is 8.77. The Morgan fingerprint density at radius 2 is 1.06 bits per heavy atom. The molecule has 4 heteroatoms. The molecule has 2 aliphatic rings. The van der Waals surface area contributed by atoms with Gasteiger partial charge >= 0.3 is 0 Å². The highest BCUT2D eigenvalue weighted by atomic mass is 15.1. The van der Waals surface area contributed by atoms with Gasteiger partial charge in [0.05, 0.1) is 26.2 Å². The van der Waals surface area contributed by atoms with Gasteiger partial charge in [-0.25, -0.2) is 0 Å². The first kappa shape index (κ1) is 9.06. The third kappa shape index (κ3) is 1.20. The molecule has 4 nitrogen and oxygen atoms in total. The molecule has 2 aliphatic heterocycles. The Bertz CT molecular complexity index is 455. The fraction of sp³-hybridized carbons (Fsp3) is 0.333. The van der Waals surface area contributed by atoms with Gasteiger partial charge in [-0.05, 0) is 22.3 Å². The van der Waals surface area contributed by atoms with E-state index in [1.807, 2.05) is 0 Å². The molecule has 2 heterocycles. The molecule has 1 aromatic rings. The van der Waals surface area contributed by atoms with E-state index in [1.54, 1.807) is 9.80 Å². The number of hydrogen-bond donors (Lipinski definition) is 0. The molecule has 0 saturated carbocycles. The lowest BCUT2D eigenvalue weighted by molar-refractivity contribution is 0.411. The summed E-state index contributed by atoms with van der Waals surface area (Å²) in [6, 6.07) is 4.30. The van der Waals surface area contributed by atoms with Crippen molar-refractivity contribution in [3.05, 3.63) is 34.4 Å². The molecule has 1 aromatic carbocycles. The molecule has 0 aromatic heterocycles. The molecule has 78 valence electrons. The van der Waals surface area contributed by atoms with Crippen LogP contribution in [0.3, 0.4) is 0 Å². The van der Waals surface area contributed by atoms with Crippen molar-refractivity contribution in [1.82, 2.24) is 9.80 Å². The van der Waals surface area contributed by atoms with E-state index in [-0.39, 0.29) is 0 Å². The summed E-state index contributed by atoms with van der Waals surface area (Å²) >= 11 is 0. The van der Waals surface area contributed by atoms with Crippen LogP contribution in [-0.4, -0.2) is 9.80 Å². The summed E-state index contributed by atoms with van der Waals surface area (Å²) in [4.78, 5) is 3.50. The van der Waals surface area contributed by atoms with Crippen LogP contribution in [0.25, 0.3) is 0 Å². The Labute approximate surface area is 93.9 Å². The Hall–Kier alpha value is -2.20. The van der Waals surface area contributed by atoms with Gasteiger partial charge in [0, 0.05) is 0 Å². The molecular formula is C12H10N4. The summed E-state index contributed by atoms with van der Waals surface area (Å²) < 4.78 is 0. The normalized spacial score (nSPS) is 16.6. The van der Waals surface area contributed by atoms with Gasteiger partial charge in [-0.2, -0.15) is 10.5 Å². The van der Waals surface area contributed by atoms with Crippen molar-refractivity contribution in [1.29, 1.82) is 10.5 Å². The molecule has 0 spiro atoms. The number of nitrogens with zero attached hydrogens (tertiary/aromatic N) is 4. The number of nitriles is 2. The fourth-order valence-electron chi connectivity index (χ4n) is 2.46. The van der Waals surface area contributed by atoms with E-state index in [1.165, 1.54) is 22.3 Å². The molecule has 0 radical (unpaired) electrons. The van der Waals surface area contributed by atoms with Crippen LogP contribution in [0.1, 0.15) is 22.3 Å². The lowest BCUT2D eigenvalue weighted by Crippen LogP contribution is -2.08. The van der Waals surface area contributed by atoms with Crippen molar-refractivity contribution in [3.8, 4) is 12.4 Å². The van der Waals surface area contributed by atoms with E-state index in [0.29, 0.717) is 26.2 Å². The van der Waals surface area contributed by atoms with Gasteiger partial charge in [-0.3, -0.25) is 0 Å². The number of hydrogen-bond acceptors (Lipinski definition) is 4. The molecule has 0 atom stereocenters. The standard InChI is InChI=1S/C12H10N4/c13-7-15-3-9-1-10-4-16(8-14)6-12(10)2-11(9)5-15/h1-2H,3-6H2. The molecule has 0 aliphatic carbocycles. The average Bonchev–Trinajstić information content (AvgIpc) is 2.86. The van der Waals surface area contributed by atoms with E-state index in [4.69, 9.17) is 10.5 Å². The molecule has 3 rings (SSSR count). The van der Waals surface area contributed by atoms with E-state index in [2.05, 4.69) is 24.5 Å². The first-order valence-electron chi connectivity index (χ1n) is 5.23. The van der Waals surface area contributed by atoms with Gasteiger partial charge in [-0.1, -0.05) is 12.1 Å². The van der Waals surface area contributed by atoms with Crippen molar-refractivity contribution in [2.75, 3.05) is 0 Å². The second-order valence-electron chi connectivity index (χ2n) is 4.30. The molecule has 0 unspecified atom stereocenters. The third-order valence-corrected chi connectivity index (χ3v) is 3.25. The highest BCUT2D eigenvalue weighted by Crippen LogP contribution is 2.30. The van der Waals surface area contributed by atoms with E-state index in [0.717, 1.165) is 0 Å². The zero-order chi connectivity index (χ0) is 11.1. The maximum absolute atomic E-state index is 8.85. The van der Waals surface area contributed by atoms with Gasteiger partial charge < -0.3 is 9.80 Å². The van der Waals surface area contributed by atoms with Crippen LogP contribution in [0.2, 0.25) is 0 Å². The molecule has 0 amide bonds. The Morgan fingerprint density at radius 3 is 1.31 bits per heavy atom. The van der Waals surface area contributed by atoms with Crippen LogP contribution in [-0.2, 0) is 26.2 Å². The van der Waals surface area contributed by atoms with Crippen LogP contribution in [0.4, 0.5) is 0 Å². The van der Waals surface area contributed by atoms with Crippen LogP contribution in [0, 0.1) is 22.9 Å². The summed E-state index contributed by atoms with van der Waals surface area (Å²) in [6.07, 6.45) is 4.35. The van der Waals surface area contributed by atoms with Crippen molar-refractivity contribution < 1.29 is 0 Å². The topological polar surface area (TPSA) is 54.1 Å². The summed E-state index contributed by atoms with van der Waals surface area (Å²) in [5, 5.41) is 17.7. The van der Waals surface area contributed by atoms with Gasteiger partial charge in [-0.15, -0.1) is 0 Å². The molecule has 0 bridgehead atoms. The summed E-state index contributed by atoms with van der Waals surface area (Å²) in [5.41, 5.74) is 4.94. The minimum atomic E-state index is 0.714. The predicted octanol–water partition coefficient (Wildman–Crippen LogP) is 1.28. The van der Waals surface area contributed by atoms with Crippen LogP contribution >= 0.6 is 0 Å². The quantitative estimate of drug-likeness (QED) is 0.605. The first-order valence-corrected chi connectivity index (χ1v) is 5.23. The van der Waals surface area contributed by atoms with Gasteiger partial charge in [0.25, 0.3) is 0 Å². The Kier molecular flexibility index (Phi) is 1.78. The van der Waals surface area contributed by atoms with Gasteiger partial charge in [0.2, 0.25) is 0 Å². The SMILES string of the molecule is N#CN1Cc2cc3c(cc2C1)CN(C#N)C3. The number of fused-ring (bicyclic) bond motifs is 2. The monoisotopic (exact) mass is 210 g/mol. The largest absolute Gasteiger partial charge is 0.302 e. The minimum absolute atomic E-state index is 0.714. The summed E-state index contributed by atoms with van der Waals surface area (Å²) in [6.45, 7) is 2.86. The second-order valence-corrected chi connectivity index (χ2v) is 4.30. The molecular weight excluding hydrogens is 200 g/mol. The van der Waals surface area contributed by atoms with Gasteiger partial charge in [0.15, 0.2) is 12.4 Å². The smallest absolute Gasteiger partial charge is 0.179 e. The molecule has 0 N–H and O–H groups in total. The molecule has 16 heavy (non-hydrogen) atoms. The summed E-state index contributed by atoms with van der Waals surface area (Å²) in [5.74, 6) is 0. The van der Waals surface area contributed by atoms with E-state index >= 15 is 0 Å². The second kappa shape index (κ2) is 3.15. The summed E-state index contributed by atoms with van der Waals surface area (Å²) in [7, 11) is 0. The van der Waals surface area contributed by atoms with Crippen LogP contribution < -0.4 is 0 Å². The van der Waals surface area contributed by atoms with Crippen molar-refractivity contribution in [3.63, 3.8) is 0 Å². The maximum atomic E-state index is 8.85. The third-order valence-electron chi connectivity index (χ3n) is 3.25.